The second kappa shape index (κ2) is 6.67. The Kier molecular flexibility index (Phi) is 4.51. The van der Waals surface area contributed by atoms with Gasteiger partial charge in [0.05, 0.1) is 22.5 Å². The van der Waals surface area contributed by atoms with Crippen molar-refractivity contribution in [2.75, 3.05) is 22.9 Å². The lowest BCUT2D eigenvalue weighted by atomic mass is 10.0. The van der Waals surface area contributed by atoms with Crippen LogP contribution >= 0.6 is 0 Å². The van der Waals surface area contributed by atoms with Crippen LogP contribution in [0.2, 0.25) is 0 Å². The van der Waals surface area contributed by atoms with Gasteiger partial charge in [0.25, 0.3) is 5.91 Å². The maximum absolute atomic E-state index is 13.2. The van der Waals surface area contributed by atoms with Gasteiger partial charge in [-0.05, 0) is 49.2 Å². The lowest BCUT2D eigenvalue weighted by Crippen LogP contribution is -2.48. The first-order valence-corrected chi connectivity index (χ1v) is 9.03. The molecule has 0 bridgehead atoms. The molecule has 0 saturated carbocycles. The number of carbonyl (C=O) groups is 1. The topological polar surface area (TPSA) is 23.6 Å². The zero-order valence-corrected chi connectivity index (χ0v) is 15.0. The zero-order chi connectivity index (χ0) is 21.0. The fourth-order valence-corrected chi connectivity index (χ4v) is 3.99. The van der Waals surface area contributed by atoms with Crippen molar-refractivity contribution in [2.24, 2.45) is 0 Å². The second-order valence-corrected chi connectivity index (χ2v) is 7.19. The van der Waals surface area contributed by atoms with Crippen molar-refractivity contribution in [1.82, 2.24) is 0 Å². The summed E-state index contributed by atoms with van der Waals surface area (Å²) in [4.78, 5) is 16.2. The predicted octanol–water partition coefficient (Wildman–Crippen LogP) is 5.35. The lowest BCUT2D eigenvalue weighted by molar-refractivity contribution is -0.138. The second-order valence-electron chi connectivity index (χ2n) is 7.19. The fraction of sp³-hybridized carbons (Fsp3) is 0.350. The molecule has 0 spiro atoms. The van der Waals surface area contributed by atoms with Gasteiger partial charge in [0.2, 0.25) is 0 Å². The van der Waals surface area contributed by atoms with Gasteiger partial charge in [-0.25, -0.2) is 0 Å². The number of nitrogens with zero attached hydrogens (tertiary/aromatic N) is 2. The maximum atomic E-state index is 13.2. The highest BCUT2D eigenvalue weighted by Crippen LogP contribution is 2.43. The van der Waals surface area contributed by atoms with Crippen LogP contribution in [0.1, 0.15) is 34.3 Å². The van der Waals surface area contributed by atoms with Gasteiger partial charge in [0.15, 0.2) is 0 Å². The molecule has 3 nitrogen and oxygen atoms in total. The minimum atomic E-state index is -4.62. The van der Waals surface area contributed by atoms with Gasteiger partial charge < -0.3 is 9.80 Å². The molecule has 2 aromatic carbocycles. The highest BCUT2D eigenvalue weighted by Gasteiger charge is 2.40. The van der Waals surface area contributed by atoms with E-state index in [1.807, 2.05) is 4.90 Å². The van der Waals surface area contributed by atoms with Crippen LogP contribution < -0.4 is 9.80 Å². The molecule has 0 radical (unpaired) electrons. The molecule has 1 atom stereocenters. The predicted molar refractivity (Wildman–Crippen MR) is 94.9 cm³/mol. The van der Waals surface area contributed by atoms with Crippen LogP contribution in [0.15, 0.2) is 42.5 Å². The van der Waals surface area contributed by atoms with E-state index >= 15 is 0 Å². The zero-order valence-electron chi connectivity index (χ0n) is 15.0. The van der Waals surface area contributed by atoms with Crippen LogP contribution in [0, 0.1) is 0 Å². The number of hydrogen-bond acceptors (Lipinski definition) is 2. The Bertz CT molecular complexity index is 953. The first kappa shape index (κ1) is 19.6. The molecule has 1 amide bonds. The molecule has 0 aliphatic carbocycles. The number of fused-ring (bicyclic) bond motifs is 3. The summed E-state index contributed by atoms with van der Waals surface area (Å²) in [5, 5.41) is 0. The summed E-state index contributed by atoms with van der Waals surface area (Å²) < 4.78 is 78.7. The molecule has 1 saturated heterocycles. The van der Waals surface area contributed by atoms with Crippen molar-refractivity contribution in [3.8, 4) is 0 Å². The van der Waals surface area contributed by atoms with Gasteiger partial charge in [-0.1, -0.05) is 6.07 Å². The summed E-state index contributed by atoms with van der Waals surface area (Å²) in [6.45, 7) is 0.790. The van der Waals surface area contributed by atoms with E-state index in [0.29, 0.717) is 12.2 Å². The third-order valence-electron chi connectivity index (χ3n) is 5.36. The smallest absolute Gasteiger partial charge is 0.365 e. The summed E-state index contributed by atoms with van der Waals surface area (Å²) in [6, 6.07) is 7.07. The average Bonchev–Trinajstić information content (AvgIpc) is 3.14. The van der Waals surface area contributed by atoms with Gasteiger partial charge in [0, 0.05) is 24.7 Å². The third-order valence-corrected chi connectivity index (χ3v) is 5.36. The molecular weight excluding hydrogens is 398 g/mol. The summed E-state index contributed by atoms with van der Waals surface area (Å²) in [7, 11) is 0. The molecule has 2 aromatic rings. The van der Waals surface area contributed by atoms with Crippen LogP contribution in [0.3, 0.4) is 0 Å². The third kappa shape index (κ3) is 3.54. The monoisotopic (exact) mass is 414 g/mol. The van der Waals surface area contributed by atoms with Gasteiger partial charge in [-0.15, -0.1) is 0 Å². The van der Waals surface area contributed by atoms with E-state index in [2.05, 4.69) is 0 Å². The Hall–Kier alpha value is -2.71. The molecule has 9 heteroatoms. The van der Waals surface area contributed by atoms with Crippen LogP contribution in [-0.2, 0) is 12.4 Å². The van der Waals surface area contributed by atoms with Crippen molar-refractivity contribution in [2.45, 2.75) is 31.2 Å². The molecule has 4 rings (SSSR count). The molecule has 1 fully saturated rings. The van der Waals surface area contributed by atoms with Gasteiger partial charge in [-0.3, -0.25) is 4.79 Å². The molecular formula is C20H16F6N2O. The van der Waals surface area contributed by atoms with Crippen molar-refractivity contribution in [3.05, 3.63) is 59.2 Å². The van der Waals surface area contributed by atoms with Gasteiger partial charge >= 0.3 is 12.4 Å². The first-order chi connectivity index (χ1) is 13.6. The van der Waals surface area contributed by atoms with Crippen molar-refractivity contribution >= 4 is 17.3 Å². The van der Waals surface area contributed by atoms with Crippen molar-refractivity contribution in [3.63, 3.8) is 0 Å². The molecule has 1 unspecified atom stereocenters. The Morgan fingerprint density at radius 2 is 1.59 bits per heavy atom. The van der Waals surface area contributed by atoms with Gasteiger partial charge in [0.1, 0.15) is 0 Å². The number of halogens is 6. The van der Waals surface area contributed by atoms with E-state index in [9.17, 15) is 31.1 Å². The van der Waals surface area contributed by atoms with Crippen molar-refractivity contribution in [1.29, 1.82) is 0 Å². The van der Waals surface area contributed by atoms with E-state index in [1.54, 1.807) is 0 Å². The van der Waals surface area contributed by atoms with Crippen LogP contribution in [-0.4, -0.2) is 25.0 Å². The summed E-state index contributed by atoms with van der Waals surface area (Å²) in [5.41, 5.74) is -1.54. The van der Waals surface area contributed by atoms with E-state index in [-0.39, 0.29) is 23.8 Å². The highest BCUT2D eigenvalue weighted by molar-refractivity contribution is 6.08. The molecule has 154 valence electrons. The van der Waals surface area contributed by atoms with Crippen molar-refractivity contribution < 1.29 is 31.1 Å². The van der Waals surface area contributed by atoms with E-state index < -0.39 is 29.4 Å². The van der Waals surface area contributed by atoms with Gasteiger partial charge in [-0.2, -0.15) is 26.3 Å². The highest BCUT2D eigenvalue weighted by atomic mass is 19.4. The van der Waals surface area contributed by atoms with E-state index in [4.69, 9.17) is 0 Å². The van der Waals surface area contributed by atoms with E-state index in [1.165, 1.54) is 17.0 Å². The molecule has 2 aliphatic heterocycles. The Labute approximate surface area is 162 Å². The summed E-state index contributed by atoms with van der Waals surface area (Å²) in [5.74, 6) is -0.747. The standard InChI is InChI=1S/C20H16F6N2O/c21-19(22,23)13-4-1-3-12(9-13)18(29)28-11-15-5-2-8-27(15)16-7-6-14(10-17(16)28)20(24,25)26/h1,3-4,6-7,9-10,15H,2,5,8,11H2. The quantitative estimate of drug-likeness (QED) is 0.587. The number of amides is 1. The number of hydrogen-bond donors (Lipinski definition) is 0. The normalized spacial score (nSPS) is 19.2. The van der Waals surface area contributed by atoms with E-state index in [0.717, 1.165) is 43.2 Å². The number of alkyl halides is 6. The first-order valence-electron chi connectivity index (χ1n) is 9.03. The Morgan fingerprint density at radius 1 is 0.897 bits per heavy atom. The Morgan fingerprint density at radius 3 is 2.28 bits per heavy atom. The fourth-order valence-electron chi connectivity index (χ4n) is 3.99. The number of carbonyl (C=O) groups excluding carboxylic acids is 1. The maximum Gasteiger partial charge on any atom is 0.416 e. The molecule has 0 N–H and O–H groups in total. The largest absolute Gasteiger partial charge is 0.416 e. The average molecular weight is 414 g/mol. The molecule has 0 aromatic heterocycles. The number of anilines is 2. The van der Waals surface area contributed by atoms with Crippen LogP contribution in [0.4, 0.5) is 37.7 Å². The lowest BCUT2D eigenvalue weighted by Gasteiger charge is -2.40. The number of benzene rings is 2. The minimum Gasteiger partial charge on any atom is -0.365 e. The molecule has 29 heavy (non-hydrogen) atoms. The molecule has 2 aliphatic rings. The number of rotatable bonds is 1. The Balaban J connectivity index is 1.78. The molecule has 2 heterocycles. The minimum absolute atomic E-state index is 0.0698. The summed E-state index contributed by atoms with van der Waals surface area (Å²) in [6.07, 6.45) is -7.63. The summed E-state index contributed by atoms with van der Waals surface area (Å²) >= 11 is 0. The SMILES string of the molecule is O=C(c1cccc(C(F)(F)F)c1)N1CC2CCCN2c2ccc(C(F)(F)F)cc21. The van der Waals surface area contributed by atoms with Crippen LogP contribution in [0.25, 0.3) is 0 Å². The van der Waals surface area contributed by atoms with Crippen LogP contribution in [0.5, 0.6) is 0 Å².